The quantitative estimate of drug-likeness (QED) is 0.693. The molecule has 1 aromatic carbocycles. The molecular weight excluding hydrogens is 186 g/mol. The maximum absolute atomic E-state index is 10.9. The molecule has 15 heavy (non-hydrogen) atoms. The van der Waals surface area contributed by atoms with E-state index in [1.54, 1.807) is 12.4 Å². The molecule has 0 N–H and O–H groups in total. The first-order chi connectivity index (χ1) is 7.31. The van der Waals surface area contributed by atoms with Gasteiger partial charge in [0.05, 0.1) is 0 Å². The van der Waals surface area contributed by atoms with Gasteiger partial charge in [0.1, 0.15) is 0 Å². The van der Waals surface area contributed by atoms with E-state index >= 15 is 0 Å². The monoisotopic (exact) mass is 197 g/mol. The van der Waals surface area contributed by atoms with E-state index in [0.29, 0.717) is 5.56 Å². The molecule has 0 saturated carbocycles. The van der Waals surface area contributed by atoms with Gasteiger partial charge in [0.25, 0.3) is 0 Å². The Kier molecular flexibility index (Phi) is 2.59. The van der Waals surface area contributed by atoms with E-state index in [4.69, 9.17) is 0 Å². The van der Waals surface area contributed by atoms with Gasteiger partial charge in [-0.15, -0.1) is 0 Å². The molecule has 1 heterocycles. The number of hydrogen-bond donors (Lipinski definition) is 0. The van der Waals surface area contributed by atoms with Crippen molar-refractivity contribution in [2.75, 3.05) is 0 Å². The second kappa shape index (κ2) is 4.05. The van der Waals surface area contributed by atoms with Gasteiger partial charge in [-0.1, -0.05) is 23.8 Å². The number of nitrogens with zero attached hydrogens (tertiary/aromatic N) is 1. The molecule has 0 unspecified atom stereocenters. The highest BCUT2D eigenvalue weighted by atomic mass is 16.1. The van der Waals surface area contributed by atoms with Crippen LogP contribution in [0.2, 0.25) is 0 Å². The van der Waals surface area contributed by atoms with Crippen LogP contribution in [0.25, 0.3) is 11.1 Å². The van der Waals surface area contributed by atoms with Crippen LogP contribution >= 0.6 is 0 Å². The summed E-state index contributed by atoms with van der Waals surface area (Å²) in [7, 11) is 0. The first-order valence-corrected chi connectivity index (χ1v) is 4.77. The highest BCUT2D eigenvalue weighted by Gasteiger charge is 2.03. The van der Waals surface area contributed by atoms with Crippen LogP contribution in [0, 0.1) is 6.92 Å². The van der Waals surface area contributed by atoms with Gasteiger partial charge < -0.3 is 0 Å². The van der Waals surface area contributed by atoms with Gasteiger partial charge in [-0.2, -0.15) is 0 Å². The molecule has 2 aromatic rings. The van der Waals surface area contributed by atoms with Crippen molar-refractivity contribution in [3.8, 4) is 11.1 Å². The first-order valence-electron chi connectivity index (χ1n) is 4.77. The van der Waals surface area contributed by atoms with Crippen molar-refractivity contribution in [1.29, 1.82) is 0 Å². The topological polar surface area (TPSA) is 30.0 Å². The third-order valence-corrected chi connectivity index (χ3v) is 2.31. The molecule has 0 radical (unpaired) electrons. The number of carbonyl (C=O) groups excluding carboxylic acids is 1. The molecule has 0 bridgehead atoms. The molecule has 74 valence electrons. The van der Waals surface area contributed by atoms with E-state index < -0.39 is 0 Å². The van der Waals surface area contributed by atoms with Crippen molar-refractivity contribution in [3.05, 3.63) is 53.9 Å². The van der Waals surface area contributed by atoms with Gasteiger partial charge >= 0.3 is 0 Å². The molecule has 0 aliphatic rings. The lowest BCUT2D eigenvalue weighted by atomic mass is 10.00. The number of aldehydes is 1. The number of pyridine rings is 1. The van der Waals surface area contributed by atoms with Crippen LogP contribution in [0.15, 0.2) is 42.7 Å². The fourth-order valence-electron chi connectivity index (χ4n) is 1.56. The van der Waals surface area contributed by atoms with Crippen molar-refractivity contribution in [2.45, 2.75) is 6.92 Å². The molecule has 0 spiro atoms. The largest absolute Gasteiger partial charge is 0.298 e. The molecule has 0 aliphatic carbocycles. The van der Waals surface area contributed by atoms with Crippen LogP contribution in [0.1, 0.15) is 15.9 Å². The van der Waals surface area contributed by atoms with Gasteiger partial charge in [0.2, 0.25) is 0 Å². The first kappa shape index (κ1) is 9.59. The van der Waals surface area contributed by atoms with Crippen molar-refractivity contribution < 1.29 is 4.79 Å². The summed E-state index contributed by atoms with van der Waals surface area (Å²) in [6.45, 7) is 1.97. The maximum atomic E-state index is 10.9. The van der Waals surface area contributed by atoms with E-state index in [0.717, 1.165) is 23.0 Å². The average molecular weight is 197 g/mol. The Morgan fingerprint density at radius 1 is 1.27 bits per heavy atom. The van der Waals surface area contributed by atoms with Crippen LogP contribution in [0.5, 0.6) is 0 Å². The van der Waals surface area contributed by atoms with E-state index in [2.05, 4.69) is 4.98 Å². The molecular formula is C13H11NO. The van der Waals surface area contributed by atoms with E-state index in [1.165, 1.54) is 0 Å². The predicted molar refractivity (Wildman–Crippen MR) is 59.8 cm³/mol. The summed E-state index contributed by atoms with van der Waals surface area (Å²) in [6.07, 6.45) is 4.37. The molecule has 0 saturated heterocycles. The Bertz CT molecular complexity index is 477. The number of aryl methyl sites for hydroxylation is 1. The predicted octanol–water partition coefficient (Wildman–Crippen LogP) is 2.87. The summed E-state index contributed by atoms with van der Waals surface area (Å²) in [6, 6.07) is 9.65. The van der Waals surface area contributed by atoms with Crippen LogP contribution in [0.3, 0.4) is 0 Å². The molecule has 0 atom stereocenters. The summed E-state index contributed by atoms with van der Waals surface area (Å²) >= 11 is 0. The summed E-state index contributed by atoms with van der Waals surface area (Å²) < 4.78 is 0. The fourth-order valence-corrected chi connectivity index (χ4v) is 1.56. The Morgan fingerprint density at radius 2 is 2.13 bits per heavy atom. The summed E-state index contributed by atoms with van der Waals surface area (Å²) in [5, 5.41) is 0. The summed E-state index contributed by atoms with van der Waals surface area (Å²) in [5.41, 5.74) is 3.70. The lowest BCUT2D eigenvalue weighted by Gasteiger charge is -2.05. The molecule has 0 fully saturated rings. The maximum Gasteiger partial charge on any atom is 0.150 e. The molecule has 0 aliphatic heterocycles. The SMILES string of the molecule is Cc1ccc(-c2cccnc2)c(C=O)c1. The number of rotatable bonds is 2. The third-order valence-electron chi connectivity index (χ3n) is 2.31. The lowest BCUT2D eigenvalue weighted by molar-refractivity contribution is 0.112. The van der Waals surface area contributed by atoms with E-state index in [-0.39, 0.29) is 0 Å². The fraction of sp³-hybridized carbons (Fsp3) is 0.0769. The number of hydrogen-bond acceptors (Lipinski definition) is 2. The van der Waals surface area contributed by atoms with Crippen molar-refractivity contribution >= 4 is 6.29 Å². The van der Waals surface area contributed by atoms with Gasteiger partial charge in [-0.05, 0) is 24.6 Å². The van der Waals surface area contributed by atoms with Crippen molar-refractivity contribution in [3.63, 3.8) is 0 Å². The molecule has 2 heteroatoms. The molecule has 0 amide bonds. The second-order valence-electron chi connectivity index (χ2n) is 3.45. The number of benzene rings is 1. The Labute approximate surface area is 88.6 Å². The van der Waals surface area contributed by atoms with Crippen LogP contribution in [-0.4, -0.2) is 11.3 Å². The Morgan fingerprint density at radius 3 is 2.80 bits per heavy atom. The van der Waals surface area contributed by atoms with Gasteiger partial charge in [0, 0.05) is 23.5 Å². The minimum Gasteiger partial charge on any atom is -0.298 e. The van der Waals surface area contributed by atoms with Gasteiger partial charge in [-0.25, -0.2) is 0 Å². The average Bonchev–Trinajstić information content (AvgIpc) is 2.30. The minimum atomic E-state index is 0.711. The molecule has 1 aromatic heterocycles. The molecule has 2 rings (SSSR count). The van der Waals surface area contributed by atoms with Crippen LogP contribution < -0.4 is 0 Å². The Hall–Kier alpha value is -1.96. The third kappa shape index (κ3) is 1.94. The Balaban J connectivity index is 2.58. The molecule has 2 nitrogen and oxygen atoms in total. The normalized spacial score (nSPS) is 9.93. The lowest BCUT2D eigenvalue weighted by Crippen LogP contribution is -1.89. The van der Waals surface area contributed by atoms with Gasteiger partial charge in [-0.3, -0.25) is 9.78 Å². The zero-order valence-electron chi connectivity index (χ0n) is 8.47. The number of carbonyl (C=O) groups is 1. The highest BCUT2D eigenvalue weighted by molar-refractivity contribution is 5.87. The summed E-state index contributed by atoms with van der Waals surface area (Å²) in [5.74, 6) is 0. The number of aromatic nitrogens is 1. The van der Waals surface area contributed by atoms with Crippen molar-refractivity contribution in [1.82, 2.24) is 4.98 Å². The summed E-state index contributed by atoms with van der Waals surface area (Å²) in [4.78, 5) is 15.0. The minimum absolute atomic E-state index is 0.711. The smallest absolute Gasteiger partial charge is 0.150 e. The van der Waals surface area contributed by atoms with E-state index in [1.807, 2.05) is 37.3 Å². The second-order valence-corrected chi connectivity index (χ2v) is 3.45. The zero-order chi connectivity index (χ0) is 10.7. The zero-order valence-corrected chi connectivity index (χ0v) is 8.47. The van der Waals surface area contributed by atoms with Gasteiger partial charge in [0.15, 0.2) is 6.29 Å². The highest BCUT2D eigenvalue weighted by Crippen LogP contribution is 2.22. The van der Waals surface area contributed by atoms with Crippen LogP contribution in [0.4, 0.5) is 0 Å². The standard InChI is InChI=1S/C13H11NO/c1-10-4-5-13(12(7-10)9-15)11-3-2-6-14-8-11/h2-9H,1H3. The van der Waals surface area contributed by atoms with E-state index in [9.17, 15) is 4.79 Å². The van der Waals surface area contributed by atoms with Crippen molar-refractivity contribution in [2.24, 2.45) is 0 Å². The van der Waals surface area contributed by atoms with Crippen LogP contribution in [-0.2, 0) is 0 Å².